The third-order valence-corrected chi connectivity index (χ3v) is 4.32. The number of hydrogen-bond donors (Lipinski definition) is 2. The molecule has 1 aromatic carbocycles. The maximum atomic E-state index is 13.2. The lowest BCUT2D eigenvalue weighted by molar-refractivity contribution is 0.418. The Hall–Kier alpha value is -2.75. The van der Waals surface area contributed by atoms with E-state index in [-0.39, 0.29) is 36.7 Å². The minimum Gasteiger partial charge on any atom is -0.383 e. The molecule has 3 aromatic rings. The minimum atomic E-state index is -0.274. The Bertz CT molecular complexity index is 928. The Labute approximate surface area is 193 Å². The van der Waals surface area contributed by atoms with Crippen molar-refractivity contribution in [1.29, 1.82) is 0 Å². The molecule has 2 heterocycles. The van der Waals surface area contributed by atoms with Crippen LogP contribution in [0.4, 0.5) is 27.8 Å². The molecule has 11 heteroatoms. The van der Waals surface area contributed by atoms with E-state index in [1.165, 1.54) is 12.1 Å². The molecule has 0 aliphatic heterocycles. The SMILES string of the molecule is C[C@H](Nc1nc(N)cc(N(CCN(C)C)c2cnccn2)n1)c1ccc(F)cc1.Cl.Cl. The first-order valence-electron chi connectivity index (χ1n) is 9.27. The van der Waals surface area contributed by atoms with Crippen molar-refractivity contribution in [2.75, 3.05) is 43.1 Å². The summed E-state index contributed by atoms with van der Waals surface area (Å²) in [6, 6.07) is 7.88. The second-order valence-corrected chi connectivity index (χ2v) is 6.91. The van der Waals surface area contributed by atoms with Crippen molar-refractivity contribution in [1.82, 2.24) is 24.8 Å². The van der Waals surface area contributed by atoms with Crippen LogP contribution in [0.5, 0.6) is 0 Å². The highest BCUT2D eigenvalue weighted by Gasteiger charge is 2.16. The summed E-state index contributed by atoms with van der Waals surface area (Å²) in [5.74, 6) is 1.74. The number of nitrogens with two attached hydrogens (primary N) is 1. The van der Waals surface area contributed by atoms with Gasteiger partial charge in [0.25, 0.3) is 0 Å². The average Bonchev–Trinajstić information content (AvgIpc) is 2.69. The quantitative estimate of drug-likeness (QED) is 0.516. The van der Waals surface area contributed by atoms with Crippen LogP contribution in [0.3, 0.4) is 0 Å². The molecule has 8 nitrogen and oxygen atoms in total. The fraction of sp³-hybridized carbons (Fsp3) is 0.300. The zero-order valence-electron chi connectivity index (χ0n) is 17.6. The number of halogens is 3. The first-order chi connectivity index (χ1) is 13.9. The summed E-state index contributed by atoms with van der Waals surface area (Å²) < 4.78 is 13.2. The Morgan fingerprint density at radius 1 is 1.03 bits per heavy atom. The van der Waals surface area contributed by atoms with Crippen molar-refractivity contribution in [3.8, 4) is 0 Å². The van der Waals surface area contributed by atoms with E-state index >= 15 is 0 Å². The highest BCUT2D eigenvalue weighted by Crippen LogP contribution is 2.25. The lowest BCUT2D eigenvalue weighted by Crippen LogP contribution is -2.29. The van der Waals surface area contributed by atoms with Gasteiger partial charge in [-0.05, 0) is 38.7 Å². The molecule has 2 aromatic heterocycles. The van der Waals surface area contributed by atoms with Crippen molar-refractivity contribution >= 4 is 48.2 Å². The van der Waals surface area contributed by atoms with Crippen LogP contribution in [0.15, 0.2) is 48.9 Å². The number of hydrogen-bond acceptors (Lipinski definition) is 8. The maximum Gasteiger partial charge on any atom is 0.227 e. The standard InChI is InChI=1S/C20H25FN8.2ClH/c1-14(15-4-6-16(21)7-5-15)25-20-26-17(22)12-18(27-20)29(11-10-28(2)3)19-13-23-8-9-24-19;;/h4-9,12-14H,10-11H2,1-3H3,(H3,22,25,26,27);2*1H/t14-;;/m0../s1. The smallest absolute Gasteiger partial charge is 0.227 e. The number of nitrogens with zero attached hydrogens (tertiary/aromatic N) is 6. The van der Waals surface area contributed by atoms with E-state index in [1.807, 2.05) is 25.9 Å². The van der Waals surface area contributed by atoms with E-state index in [4.69, 9.17) is 5.73 Å². The molecule has 0 spiro atoms. The molecule has 0 fully saturated rings. The van der Waals surface area contributed by atoms with E-state index in [0.717, 1.165) is 12.1 Å². The second kappa shape index (κ2) is 12.2. The summed E-state index contributed by atoms with van der Waals surface area (Å²) in [4.78, 5) is 21.5. The van der Waals surface area contributed by atoms with Crippen LogP contribution in [-0.4, -0.2) is 52.0 Å². The number of likely N-dealkylation sites (N-methyl/N-ethyl adjacent to an activating group) is 1. The van der Waals surface area contributed by atoms with Gasteiger partial charge in [0.1, 0.15) is 17.5 Å². The van der Waals surface area contributed by atoms with E-state index < -0.39 is 0 Å². The van der Waals surface area contributed by atoms with Gasteiger partial charge in [0.05, 0.1) is 12.2 Å². The summed E-state index contributed by atoms with van der Waals surface area (Å²) in [6.45, 7) is 3.39. The number of rotatable bonds is 8. The van der Waals surface area contributed by atoms with E-state index in [9.17, 15) is 4.39 Å². The lowest BCUT2D eigenvalue weighted by atomic mass is 10.1. The highest BCUT2D eigenvalue weighted by molar-refractivity contribution is 5.85. The van der Waals surface area contributed by atoms with Gasteiger partial charge in [-0.2, -0.15) is 9.97 Å². The molecule has 0 aliphatic rings. The van der Waals surface area contributed by atoms with Crippen LogP contribution in [0.25, 0.3) is 0 Å². The molecular formula is C20H27Cl2FN8. The average molecular weight is 469 g/mol. The Kier molecular flexibility index (Phi) is 10.3. The molecule has 3 rings (SSSR count). The summed E-state index contributed by atoms with van der Waals surface area (Å²) in [6.07, 6.45) is 4.94. The van der Waals surface area contributed by atoms with Gasteiger partial charge in [-0.1, -0.05) is 12.1 Å². The summed E-state index contributed by atoms with van der Waals surface area (Å²) in [5.41, 5.74) is 6.97. The lowest BCUT2D eigenvalue weighted by Gasteiger charge is -2.25. The molecule has 31 heavy (non-hydrogen) atoms. The van der Waals surface area contributed by atoms with E-state index in [2.05, 4.69) is 30.2 Å². The van der Waals surface area contributed by atoms with Crippen molar-refractivity contribution in [2.24, 2.45) is 0 Å². The monoisotopic (exact) mass is 468 g/mol. The molecular weight excluding hydrogens is 442 g/mol. The fourth-order valence-corrected chi connectivity index (χ4v) is 2.76. The number of nitrogens with one attached hydrogen (secondary N) is 1. The zero-order valence-corrected chi connectivity index (χ0v) is 19.2. The van der Waals surface area contributed by atoms with Crippen LogP contribution in [0.1, 0.15) is 18.5 Å². The molecule has 0 saturated heterocycles. The largest absolute Gasteiger partial charge is 0.383 e. The number of anilines is 4. The summed E-state index contributed by atoms with van der Waals surface area (Å²) in [7, 11) is 4.00. The van der Waals surface area contributed by atoms with Crippen LogP contribution in [0.2, 0.25) is 0 Å². The van der Waals surface area contributed by atoms with Crippen molar-refractivity contribution in [3.05, 3.63) is 60.3 Å². The number of nitrogen functional groups attached to an aromatic ring is 1. The molecule has 0 amide bonds. The highest BCUT2D eigenvalue weighted by atomic mass is 35.5. The van der Waals surface area contributed by atoms with Gasteiger partial charge in [-0.15, -0.1) is 24.8 Å². The van der Waals surface area contributed by atoms with Gasteiger partial charge in [0.2, 0.25) is 5.95 Å². The normalized spacial score (nSPS) is 11.3. The van der Waals surface area contributed by atoms with E-state index in [0.29, 0.717) is 29.9 Å². The first-order valence-corrected chi connectivity index (χ1v) is 9.27. The van der Waals surface area contributed by atoms with Crippen LogP contribution in [-0.2, 0) is 0 Å². The van der Waals surface area contributed by atoms with E-state index in [1.54, 1.807) is 36.8 Å². The number of aromatic nitrogens is 4. The van der Waals surface area contributed by atoms with Gasteiger partial charge < -0.3 is 20.9 Å². The van der Waals surface area contributed by atoms with Crippen molar-refractivity contribution in [2.45, 2.75) is 13.0 Å². The molecule has 3 N–H and O–H groups in total. The van der Waals surface area contributed by atoms with Crippen molar-refractivity contribution in [3.63, 3.8) is 0 Å². The first kappa shape index (κ1) is 26.3. The second-order valence-electron chi connectivity index (χ2n) is 6.91. The fourth-order valence-electron chi connectivity index (χ4n) is 2.76. The summed E-state index contributed by atoms with van der Waals surface area (Å²) in [5, 5.41) is 3.23. The van der Waals surface area contributed by atoms with Gasteiger partial charge in [-0.3, -0.25) is 4.98 Å². The molecule has 1 atom stereocenters. The van der Waals surface area contributed by atoms with Gasteiger partial charge >= 0.3 is 0 Å². The van der Waals surface area contributed by atoms with Crippen LogP contribution < -0.4 is 16.0 Å². The van der Waals surface area contributed by atoms with Gasteiger partial charge in [0, 0.05) is 31.5 Å². The zero-order chi connectivity index (χ0) is 20.8. The molecule has 0 saturated carbocycles. The maximum absolute atomic E-state index is 13.2. The Morgan fingerprint density at radius 2 is 1.74 bits per heavy atom. The molecule has 168 valence electrons. The Morgan fingerprint density at radius 3 is 2.35 bits per heavy atom. The van der Waals surface area contributed by atoms with Crippen LogP contribution >= 0.6 is 24.8 Å². The molecule has 0 bridgehead atoms. The topological polar surface area (TPSA) is 96.1 Å². The molecule has 0 aliphatic carbocycles. The van der Waals surface area contributed by atoms with Gasteiger partial charge in [0.15, 0.2) is 5.82 Å². The third-order valence-electron chi connectivity index (χ3n) is 4.32. The van der Waals surface area contributed by atoms with Gasteiger partial charge in [-0.25, -0.2) is 9.37 Å². The van der Waals surface area contributed by atoms with Crippen molar-refractivity contribution < 1.29 is 4.39 Å². The predicted molar refractivity (Wildman–Crippen MR) is 127 cm³/mol. The molecule has 0 unspecified atom stereocenters. The number of benzene rings is 1. The minimum absolute atomic E-state index is 0. The molecule has 0 radical (unpaired) electrons. The third kappa shape index (κ3) is 7.46. The summed E-state index contributed by atoms with van der Waals surface area (Å²) >= 11 is 0. The van der Waals surface area contributed by atoms with Crippen LogP contribution in [0, 0.1) is 5.82 Å². The predicted octanol–water partition coefficient (Wildman–Crippen LogP) is 3.70. The Balaban J connectivity index is 0.00000240.